The molecule has 0 bridgehead atoms. The molecule has 3 atom stereocenters. The topological polar surface area (TPSA) is 29.9 Å². The van der Waals surface area contributed by atoms with Crippen LogP contribution in [0.3, 0.4) is 0 Å². The van der Waals surface area contributed by atoms with Crippen LogP contribution in [0, 0.1) is 5.92 Å². The second-order valence-electron chi connectivity index (χ2n) is 4.39. The van der Waals surface area contributed by atoms with E-state index in [0.29, 0.717) is 12.0 Å². The Morgan fingerprint density at radius 2 is 2.29 bits per heavy atom. The van der Waals surface area contributed by atoms with Crippen LogP contribution in [0.25, 0.3) is 0 Å². The zero-order valence-electron chi connectivity index (χ0n) is 9.20. The van der Waals surface area contributed by atoms with Gasteiger partial charge in [-0.3, -0.25) is 4.68 Å². The molecule has 78 valence electrons. The van der Waals surface area contributed by atoms with Crippen molar-refractivity contribution in [3.05, 3.63) is 18.0 Å². The van der Waals surface area contributed by atoms with E-state index < -0.39 is 0 Å². The van der Waals surface area contributed by atoms with Gasteiger partial charge in [-0.1, -0.05) is 6.92 Å². The van der Waals surface area contributed by atoms with Crippen molar-refractivity contribution in [3.8, 4) is 0 Å². The molecule has 1 aromatic heterocycles. The molecule has 1 N–H and O–H groups in total. The highest BCUT2D eigenvalue weighted by Gasteiger charge is 2.33. The average molecular weight is 193 g/mol. The average Bonchev–Trinajstić information content (AvgIpc) is 2.72. The number of aryl methyl sites for hydroxylation is 1. The number of hydrogen-bond acceptors (Lipinski definition) is 2. The first-order valence-electron chi connectivity index (χ1n) is 5.38. The van der Waals surface area contributed by atoms with Crippen LogP contribution in [0.1, 0.15) is 31.2 Å². The molecule has 14 heavy (non-hydrogen) atoms. The number of nitrogens with zero attached hydrogens (tertiary/aromatic N) is 2. The van der Waals surface area contributed by atoms with Crippen molar-refractivity contribution in [2.24, 2.45) is 13.0 Å². The second-order valence-corrected chi connectivity index (χ2v) is 4.39. The monoisotopic (exact) mass is 193 g/mol. The fourth-order valence-electron chi connectivity index (χ4n) is 2.67. The van der Waals surface area contributed by atoms with Gasteiger partial charge in [-0.05, 0) is 37.3 Å². The largest absolute Gasteiger partial charge is 0.317 e. The van der Waals surface area contributed by atoms with Gasteiger partial charge in [-0.15, -0.1) is 0 Å². The fraction of sp³-hybridized carbons (Fsp3) is 0.727. The molecule has 1 aromatic rings. The summed E-state index contributed by atoms with van der Waals surface area (Å²) >= 11 is 0. The van der Waals surface area contributed by atoms with Crippen LogP contribution in [0.15, 0.2) is 12.4 Å². The lowest BCUT2D eigenvalue weighted by Crippen LogP contribution is -2.28. The third-order valence-corrected chi connectivity index (χ3v) is 3.58. The van der Waals surface area contributed by atoms with Crippen molar-refractivity contribution in [1.82, 2.24) is 15.1 Å². The molecule has 1 aliphatic carbocycles. The van der Waals surface area contributed by atoms with E-state index >= 15 is 0 Å². The zero-order chi connectivity index (χ0) is 10.1. The molecule has 2 rings (SSSR count). The van der Waals surface area contributed by atoms with E-state index in [4.69, 9.17) is 0 Å². The summed E-state index contributed by atoms with van der Waals surface area (Å²) in [6.45, 7) is 2.34. The summed E-state index contributed by atoms with van der Waals surface area (Å²) in [5.41, 5.74) is 1.40. The van der Waals surface area contributed by atoms with Crippen molar-refractivity contribution in [2.75, 3.05) is 7.05 Å². The summed E-state index contributed by atoms with van der Waals surface area (Å²) in [6, 6.07) is 0.681. The van der Waals surface area contributed by atoms with Gasteiger partial charge in [0.1, 0.15) is 0 Å². The van der Waals surface area contributed by atoms with Gasteiger partial charge in [0.15, 0.2) is 0 Å². The maximum atomic E-state index is 4.24. The standard InChI is InChI=1S/C11H19N3/c1-8-10(4-5-11(8)12-2)9-6-13-14(3)7-9/h6-8,10-12H,4-5H2,1-3H3. The first kappa shape index (κ1) is 9.71. The zero-order valence-corrected chi connectivity index (χ0v) is 9.20. The molecule has 0 spiro atoms. The summed E-state index contributed by atoms with van der Waals surface area (Å²) in [7, 11) is 4.05. The predicted octanol–water partition coefficient (Wildman–Crippen LogP) is 1.52. The predicted molar refractivity (Wildman–Crippen MR) is 57.2 cm³/mol. The number of rotatable bonds is 2. The van der Waals surface area contributed by atoms with Crippen molar-refractivity contribution in [2.45, 2.75) is 31.7 Å². The smallest absolute Gasteiger partial charge is 0.0524 e. The summed E-state index contributed by atoms with van der Waals surface area (Å²) < 4.78 is 1.90. The first-order chi connectivity index (χ1) is 6.72. The van der Waals surface area contributed by atoms with E-state index in [9.17, 15) is 0 Å². The van der Waals surface area contributed by atoms with Crippen molar-refractivity contribution < 1.29 is 0 Å². The third kappa shape index (κ3) is 1.57. The molecule has 0 amide bonds. The highest BCUT2D eigenvalue weighted by Crippen LogP contribution is 2.38. The van der Waals surface area contributed by atoms with Crippen LogP contribution in [-0.2, 0) is 7.05 Å². The van der Waals surface area contributed by atoms with Crippen molar-refractivity contribution >= 4 is 0 Å². The fourth-order valence-corrected chi connectivity index (χ4v) is 2.67. The lowest BCUT2D eigenvalue weighted by molar-refractivity contribution is 0.429. The summed E-state index contributed by atoms with van der Waals surface area (Å²) in [5.74, 6) is 1.42. The highest BCUT2D eigenvalue weighted by molar-refractivity contribution is 5.15. The third-order valence-electron chi connectivity index (χ3n) is 3.58. The Balaban J connectivity index is 2.13. The van der Waals surface area contributed by atoms with E-state index in [1.54, 1.807) is 0 Å². The molecule has 0 radical (unpaired) electrons. The molecule has 1 aliphatic rings. The highest BCUT2D eigenvalue weighted by atomic mass is 15.2. The molecule has 1 saturated carbocycles. The van der Waals surface area contributed by atoms with E-state index in [1.807, 2.05) is 17.9 Å². The molecule has 0 aliphatic heterocycles. The van der Waals surface area contributed by atoms with Crippen LogP contribution in [0.4, 0.5) is 0 Å². The van der Waals surface area contributed by atoms with Gasteiger partial charge in [0, 0.05) is 19.3 Å². The minimum atomic E-state index is 0.681. The van der Waals surface area contributed by atoms with Gasteiger partial charge in [-0.2, -0.15) is 5.10 Å². The second kappa shape index (κ2) is 3.73. The molecule has 3 unspecified atom stereocenters. The number of hydrogen-bond donors (Lipinski definition) is 1. The normalized spacial score (nSPS) is 32.4. The quantitative estimate of drug-likeness (QED) is 0.772. The molecule has 1 fully saturated rings. The lowest BCUT2D eigenvalue weighted by atomic mass is 9.91. The van der Waals surface area contributed by atoms with Crippen LogP contribution in [0.5, 0.6) is 0 Å². The number of aromatic nitrogens is 2. The Hall–Kier alpha value is -0.830. The summed E-state index contributed by atoms with van der Waals surface area (Å²) in [4.78, 5) is 0. The van der Waals surface area contributed by atoms with Gasteiger partial charge >= 0.3 is 0 Å². The maximum absolute atomic E-state index is 4.24. The molecule has 3 heteroatoms. The van der Waals surface area contributed by atoms with Crippen LogP contribution in [0.2, 0.25) is 0 Å². The van der Waals surface area contributed by atoms with Crippen LogP contribution >= 0.6 is 0 Å². The van der Waals surface area contributed by atoms with Crippen molar-refractivity contribution in [1.29, 1.82) is 0 Å². The Morgan fingerprint density at radius 1 is 1.50 bits per heavy atom. The van der Waals surface area contributed by atoms with Gasteiger partial charge in [0.05, 0.1) is 6.20 Å². The van der Waals surface area contributed by atoms with Crippen LogP contribution < -0.4 is 5.32 Å². The molecule has 1 heterocycles. The van der Waals surface area contributed by atoms with Crippen LogP contribution in [-0.4, -0.2) is 22.9 Å². The van der Waals surface area contributed by atoms with E-state index in [0.717, 1.165) is 5.92 Å². The minimum absolute atomic E-state index is 0.681. The maximum Gasteiger partial charge on any atom is 0.0524 e. The molecule has 3 nitrogen and oxygen atoms in total. The molecular formula is C11H19N3. The summed E-state index contributed by atoms with van der Waals surface area (Å²) in [5, 5.41) is 7.64. The van der Waals surface area contributed by atoms with Crippen molar-refractivity contribution in [3.63, 3.8) is 0 Å². The Bertz CT molecular complexity index is 305. The molecular weight excluding hydrogens is 174 g/mol. The first-order valence-corrected chi connectivity index (χ1v) is 5.38. The molecule has 0 saturated heterocycles. The SMILES string of the molecule is CNC1CCC(c2cnn(C)c2)C1C. The van der Waals surface area contributed by atoms with E-state index in [2.05, 4.69) is 30.6 Å². The van der Waals surface area contributed by atoms with E-state index in [-0.39, 0.29) is 0 Å². The Morgan fingerprint density at radius 3 is 2.79 bits per heavy atom. The van der Waals surface area contributed by atoms with Gasteiger partial charge in [0.25, 0.3) is 0 Å². The summed E-state index contributed by atoms with van der Waals surface area (Å²) in [6.07, 6.45) is 6.74. The van der Waals surface area contributed by atoms with E-state index in [1.165, 1.54) is 18.4 Å². The number of nitrogens with one attached hydrogen (secondary N) is 1. The van der Waals surface area contributed by atoms with Gasteiger partial charge in [0.2, 0.25) is 0 Å². The Kier molecular flexibility index (Phi) is 2.59. The Labute approximate surface area is 85.5 Å². The molecule has 0 aromatic carbocycles. The lowest BCUT2D eigenvalue weighted by Gasteiger charge is -2.19. The van der Waals surface area contributed by atoms with Gasteiger partial charge in [-0.25, -0.2) is 0 Å². The minimum Gasteiger partial charge on any atom is -0.317 e. The van der Waals surface area contributed by atoms with Gasteiger partial charge < -0.3 is 5.32 Å².